The van der Waals surface area contributed by atoms with Gasteiger partial charge in [0.1, 0.15) is 0 Å². The summed E-state index contributed by atoms with van der Waals surface area (Å²) in [6.45, 7) is 5.58. The minimum atomic E-state index is -1.55. The van der Waals surface area contributed by atoms with Crippen molar-refractivity contribution in [3.8, 4) is 0 Å². The van der Waals surface area contributed by atoms with E-state index in [-0.39, 0.29) is 11.6 Å². The summed E-state index contributed by atoms with van der Waals surface area (Å²) in [5.74, 6) is -4.70. The monoisotopic (exact) mass is 437 g/mol. The number of halogens is 4. The number of likely N-dealkylation sites (tertiary alicyclic amines) is 1. The maximum Gasteiger partial charge on any atom is 0.254 e. The van der Waals surface area contributed by atoms with Crippen LogP contribution in [0.3, 0.4) is 0 Å². The third kappa shape index (κ3) is 4.63. The molecular weight excluding hydrogens is 415 g/mol. The van der Waals surface area contributed by atoms with Crippen molar-refractivity contribution in [2.24, 2.45) is 0 Å². The van der Waals surface area contributed by atoms with Crippen LogP contribution in [0.15, 0.2) is 36.4 Å². The van der Waals surface area contributed by atoms with E-state index in [2.05, 4.69) is 9.80 Å². The molecule has 0 aliphatic carbocycles. The summed E-state index contributed by atoms with van der Waals surface area (Å²) in [4.78, 5) is 19.0. The molecule has 160 valence electrons. The number of carbonyl (C=O) groups is 1. The molecule has 2 aliphatic rings. The Labute approximate surface area is 178 Å². The zero-order valence-corrected chi connectivity index (χ0v) is 17.2. The number of amides is 1. The molecule has 30 heavy (non-hydrogen) atoms. The van der Waals surface area contributed by atoms with Crippen LogP contribution in [0.4, 0.5) is 13.2 Å². The Balaban J connectivity index is 1.30. The van der Waals surface area contributed by atoms with E-state index in [1.807, 2.05) is 24.3 Å². The molecule has 2 fully saturated rings. The quantitative estimate of drug-likeness (QED) is 0.681. The third-order valence-electron chi connectivity index (χ3n) is 5.92. The standard InChI is InChI=1S/C22H23ClF3N3O/c23-17-3-1-15(2-4-17)13-27-7-9-28(10-8-27)18-5-6-29(14-18)22(30)16-11-19(24)21(26)20(25)12-16/h1-4,11-12,18H,5-10,13-14H2/t18-/m0/s1. The van der Waals surface area contributed by atoms with Crippen LogP contribution in [0, 0.1) is 17.5 Å². The molecular formula is C22H23ClF3N3O. The molecule has 0 N–H and O–H groups in total. The highest BCUT2D eigenvalue weighted by Crippen LogP contribution is 2.22. The number of benzene rings is 2. The maximum absolute atomic E-state index is 13.5. The van der Waals surface area contributed by atoms with Crippen LogP contribution in [-0.2, 0) is 6.54 Å². The van der Waals surface area contributed by atoms with Gasteiger partial charge in [-0.3, -0.25) is 14.6 Å². The fraction of sp³-hybridized carbons (Fsp3) is 0.409. The molecule has 2 aliphatic heterocycles. The molecule has 0 unspecified atom stereocenters. The molecule has 0 radical (unpaired) electrons. The fourth-order valence-electron chi connectivity index (χ4n) is 4.22. The summed E-state index contributed by atoms with van der Waals surface area (Å²) >= 11 is 5.94. The van der Waals surface area contributed by atoms with Crippen molar-refractivity contribution < 1.29 is 18.0 Å². The second-order valence-electron chi connectivity index (χ2n) is 7.89. The van der Waals surface area contributed by atoms with Crippen molar-refractivity contribution in [3.05, 3.63) is 70.0 Å². The van der Waals surface area contributed by atoms with Gasteiger partial charge in [0.25, 0.3) is 5.91 Å². The fourth-order valence-corrected chi connectivity index (χ4v) is 4.35. The van der Waals surface area contributed by atoms with Gasteiger partial charge in [0.15, 0.2) is 17.5 Å². The first-order chi connectivity index (χ1) is 14.4. The number of carbonyl (C=O) groups excluding carboxylic acids is 1. The third-order valence-corrected chi connectivity index (χ3v) is 6.18. The van der Waals surface area contributed by atoms with Gasteiger partial charge in [-0.05, 0) is 36.2 Å². The first-order valence-corrected chi connectivity index (χ1v) is 10.4. The predicted molar refractivity (Wildman–Crippen MR) is 109 cm³/mol. The largest absolute Gasteiger partial charge is 0.337 e. The van der Waals surface area contributed by atoms with Crippen LogP contribution in [0.25, 0.3) is 0 Å². The summed E-state index contributed by atoms with van der Waals surface area (Å²) in [5, 5.41) is 0.731. The smallest absolute Gasteiger partial charge is 0.254 e. The normalized spacial score (nSPS) is 20.7. The summed E-state index contributed by atoms with van der Waals surface area (Å²) < 4.78 is 40.1. The molecule has 0 spiro atoms. The van der Waals surface area contributed by atoms with E-state index < -0.39 is 23.4 Å². The maximum atomic E-state index is 13.5. The van der Waals surface area contributed by atoms with Gasteiger partial charge in [-0.15, -0.1) is 0 Å². The minimum absolute atomic E-state index is 0.153. The highest BCUT2D eigenvalue weighted by molar-refractivity contribution is 6.30. The predicted octanol–water partition coefficient (Wildman–Crippen LogP) is 3.79. The van der Waals surface area contributed by atoms with E-state index in [0.29, 0.717) is 13.1 Å². The van der Waals surface area contributed by atoms with Crippen LogP contribution in [0.2, 0.25) is 5.02 Å². The van der Waals surface area contributed by atoms with Crippen molar-refractivity contribution in [3.63, 3.8) is 0 Å². The van der Waals surface area contributed by atoms with E-state index in [4.69, 9.17) is 11.6 Å². The summed E-state index contributed by atoms with van der Waals surface area (Å²) in [6.07, 6.45) is 0.815. The van der Waals surface area contributed by atoms with Crippen molar-refractivity contribution in [1.82, 2.24) is 14.7 Å². The minimum Gasteiger partial charge on any atom is -0.337 e. The number of hydrogen-bond donors (Lipinski definition) is 0. The average Bonchev–Trinajstić information content (AvgIpc) is 3.23. The average molecular weight is 438 g/mol. The molecule has 1 atom stereocenters. The molecule has 1 amide bonds. The Bertz CT molecular complexity index is 893. The van der Waals surface area contributed by atoms with Gasteiger partial charge in [0, 0.05) is 62.4 Å². The number of rotatable bonds is 4. The van der Waals surface area contributed by atoms with Crippen LogP contribution >= 0.6 is 11.6 Å². The molecule has 0 saturated carbocycles. The van der Waals surface area contributed by atoms with Crippen LogP contribution < -0.4 is 0 Å². The molecule has 0 bridgehead atoms. The van der Waals surface area contributed by atoms with Gasteiger partial charge in [-0.25, -0.2) is 13.2 Å². The van der Waals surface area contributed by atoms with Crippen molar-refractivity contribution in [1.29, 1.82) is 0 Å². The van der Waals surface area contributed by atoms with Crippen molar-refractivity contribution >= 4 is 17.5 Å². The lowest BCUT2D eigenvalue weighted by Gasteiger charge is -2.38. The van der Waals surface area contributed by atoms with E-state index >= 15 is 0 Å². The lowest BCUT2D eigenvalue weighted by molar-refractivity contribution is 0.0733. The number of nitrogens with zero attached hydrogens (tertiary/aromatic N) is 3. The first kappa shape index (κ1) is 21.2. The summed E-state index contributed by atoms with van der Waals surface area (Å²) in [7, 11) is 0. The molecule has 0 aromatic heterocycles. The Hall–Kier alpha value is -2.09. The SMILES string of the molecule is O=C(c1cc(F)c(F)c(F)c1)N1CC[C@H](N2CCN(Cc3ccc(Cl)cc3)CC2)C1. The number of piperazine rings is 1. The Morgan fingerprint density at radius 3 is 2.23 bits per heavy atom. The van der Waals surface area contributed by atoms with Gasteiger partial charge in [0.2, 0.25) is 0 Å². The van der Waals surface area contributed by atoms with Gasteiger partial charge in [-0.2, -0.15) is 0 Å². The summed E-state index contributed by atoms with van der Waals surface area (Å²) in [5.41, 5.74) is 1.07. The summed E-state index contributed by atoms with van der Waals surface area (Å²) in [6, 6.07) is 9.63. The molecule has 2 aromatic rings. The number of hydrogen-bond acceptors (Lipinski definition) is 3. The van der Waals surface area contributed by atoms with E-state index in [1.54, 1.807) is 4.90 Å². The zero-order valence-electron chi connectivity index (χ0n) is 16.5. The van der Waals surface area contributed by atoms with Gasteiger partial charge >= 0.3 is 0 Å². The lowest BCUT2D eigenvalue weighted by atomic mass is 10.1. The van der Waals surface area contributed by atoms with Gasteiger partial charge < -0.3 is 4.90 Å². The van der Waals surface area contributed by atoms with Crippen LogP contribution in [0.1, 0.15) is 22.3 Å². The van der Waals surface area contributed by atoms with Gasteiger partial charge in [0.05, 0.1) is 0 Å². The Kier molecular flexibility index (Phi) is 6.32. The lowest BCUT2D eigenvalue weighted by Crippen LogP contribution is -2.50. The molecule has 4 rings (SSSR count). The molecule has 4 nitrogen and oxygen atoms in total. The molecule has 2 saturated heterocycles. The van der Waals surface area contributed by atoms with Crippen LogP contribution in [-0.4, -0.2) is 65.9 Å². The Morgan fingerprint density at radius 1 is 0.967 bits per heavy atom. The van der Waals surface area contributed by atoms with E-state index in [9.17, 15) is 18.0 Å². The molecule has 8 heteroatoms. The van der Waals surface area contributed by atoms with Crippen molar-refractivity contribution in [2.45, 2.75) is 19.0 Å². The molecule has 2 heterocycles. The van der Waals surface area contributed by atoms with Crippen LogP contribution in [0.5, 0.6) is 0 Å². The van der Waals surface area contributed by atoms with E-state index in [0.717, 1.165) is 56.3 Å². The van der Waals surface area contributed by atoms with Crippen molar-refractivity contribution in [2.75, 3.05) is 39.3 Å². The highest BCUT2D eigenvalue weighted by Gasteiger charge is 2.33. The van der Waals surface area contributed by atoms with E-state index in [1.165, 1.54) is 5.56 Å². The first-order valence-electron chi connectivity index (χ1n) is 10.1. The zero-order chi connectivity index (χ0) is 21.3. The van der Waals surface area contributed by atoms with Gasteiger partial charge in [-0.1, -0.05) is 23.7 Å². The Morgan fingerprint density at radius 2 is 1.60 bits per heavy atom. The highest BCUT2D eigenvalue weighted by atomic mass is 35.5. The second-order valence-corrected chi connectivity index (χ2v) is 8.32. The topological polar surface area (TPSA) is 26.8 Å². The molecule has 2 aromatic carbocycles. The second kappa shape index (κ2) is 8.96.